The Hall–Kier alpha value is -4.43. The molecule has 1 N–H and O–H groups in total. The summed E-state index contributed by atoms with van der Waals surface area (Å²) in [5, 5.41) is 3.03. The average Bonchev–Trinajstić information content (AvgIpc) is 3.02. The maximum absolute atomic E-state index is 14.6. The van der Waals surface area contributed by atoms with Gasteiger partial charge in [-0.3, -0.25) is 13.9 Å². The van der Waals surface area contributed by atoms with E-state index < -0.39 is 28.5 Å². The van der Waals surface area contributed by atoms with E-state index >= 15 is 0 Å². The first-order valence-corrected chi connectivity index (χ1v) is 16.7. The number of sulfonamides is 1. The first-order chi connectivity index (χ1) is 21.5. The number of nitrogens with one attached hydrogen (secondary N) is 1. The van der Waals surface area contributed by atoms with Crippen molar-refractivity contribution in [3.05, 3.63) is 131 Å². The average molecular weight is 626 g/mol. The van der Waals surface area contributed by atoms with Gasteiger partial charge in [0.25, 0.3) is 10.0 Å². The number of nitrogens with zero attached hydrogens (tertiary/aromatic N) is 2. The molecule has 4 aromatic rings. The van der Waals surface area contributed by atoms with Crippen LogP contribution in [0, 0.1) is 26.7 Å². The number of hydrogen-bond acceptors (Lipinski definition) is 4. The maximum atomic E-state index is 14.6. The second-order valence-corrected chi connectivity index (χ2v) is 13.8. The van der Waals surface area contributed by atoms with Crippen LogP contribution in [0.4, 0.5) is 5.69 Å². The molecule has 4 rings (SSSR count). The molecule has 236 valence electrons. The van der Waals surface area contributed by atoms with Gasteiger partial charge in [0.05, 0.1) is 10.6 Å². The Morgan fingerprint density at radius 3 is 1.93 bits per heavy atom. The molecule has 7 nitrogen and oxygen atoms in total. The minimum atomic E-state index is -4.13. The van der Waals surface area contributed by atoms with Crippen molar-refractivity contribution in [2.75, 3.05) is 17.4 Å². The first kappa shape index (κ1) is 33.5. The lowest BCUT2D eigenvalue weighted by Gasteiger charge is -2.34. The summed E-state index contributed by atoms with van der Waals surface area (Å²) in [6, 6.07) is 30.0. The molecule has 0 radical (unpaired) electrons. The van der Waals surface area contributed by atoms with Gasteiger partial charge in [-0.05, 0) is 67.6 Å². The molecule has 0 aromatic heterocycles. The molecule has 0 saturated heterocycles. The van der Waals surface area contributed by atoms with Gasteiger partial charge in [-0.15, -0.1) is 0 Å². The van der Waals surface area contributed by atoms with E-state index in [2.05, 4.69) is 5.32 Å². The van der Waals surface area contributed by atoms with E-state index in [0.29, 0.717) is 12.2 Å². The lowest BCUT2D eigenvalue weighted by molar-refractivity contribution is -0.140. The fraction of sp³-hybridized carbons (Fsp3) is 0.297. The van der Waals surface area contributed by atoms with Crippen LogP contribution in [0.2, 0.25) is 0 Å². The normalized spacial score (nSPS) is 12.0. The van der Waals surface area contributed by atoms with Gasteiger partial charge in [-0.2, -0.15) is 0 Å². The van der Waals surface area contributed by atoms with Crippen molar-refractivity contribution >= 4 is 27.5 Å². The molecule has 1 atom stereocenters. The van der Waals surface area contributed by atoms with Crippen molar-refractivity contribution in [1.82, 2.24) is 10.2 Å². The number of benzene rings is 4. The molecule has 0 heterocycles. The summed E-state index contributed by atoms with van der Waals surface area (Å²) in [5.41, 5.74) is 5.00. The molecular formula is C37H43N3O4S. The molecule has 4 aromatic carbocycles. The fourth-order valence-corrected chi connectivity index (χ4v) is 6.44. The molecular weight excluding hydrogens is 582 g/mol. The third-order valence-corrected chi connectivity index (χ3v) is 9.56. The van der Waals surface area contributed by atoms with Crippen molar-refractivity contribution in [2.24, 2.45) is 5.92 Å². The molecule has 0 saturated carbocycles. The van der Waals surface area contributed by atoms with Gasteiger partial charge in [0.2, 0.25) is 11.8 Å². The molecule has 0 aliphatic carbocycles. The van der Waals surface area contributed by atoms with Crippen LogP contribution in [0.5, 0.6) is 0 Å². The summed E-state index contributed by atoms with van der Waals surface area (Å²) in [6.45, 7) is 9.91. The summed E-state index contributed by atoms with van der Waals surface area (Å²) in [6.07, 6.45) is 0.275. The van der Waals surface area contributed by atoms with Gasteiger partial charge in [0, 0.05) is 19.5 Å². The fourth-order valence-electron chi connectivity index (χ4n) is 5.02. The smallest absolute Gasteiger partial charge is 0.264 e. The third-order valence-electron chi connectivity index (χ3n) is 7.77. The standard InChI is InChI=1S/C37H43N3O4S/c1-27(2)24-38-37(42)35(23-31-12-7-6-8-13-31)39(25-32-14-10-9-11-30(32)5)36(41)26-40(33-19-15-28(3)16-20-33)45(43,44)34-21-17-29(4)18-22-34/h6-22,27,35H,23-26H2,1-5H3,(H,38,42)/t35-/m1/s1. The number of amides is 2. The number of carbonyl (C=O) groups excluding carboxylic acids is 2. The number of rotatable bonds is 13. The van der Waals surface area contributed by atoms with Gasteiger partial charge in [-0.1, -0.05) is 104 Å². The number of hydrogen-bond donors (Lipinski definition) is 1. The van der Waals surface area contributed by atoms with Crippen LogP contribution in [0.15, 0.2) is 108 Å². The van der Waals surface area contributed by atoms with Crippen molar-refractivity contribution < 1.29 is 18.0 Å². The predicted octanol–water partition coefficient (Wildman–Crippen LogP) is 6.22. The van der Waals surface area contributed by atoms with Crippen LogP contribution < -0.4 is 9.62 Å². The Bertz CT molecular complexity index is 1690. The molecule has 0 unspecified atom stereocenters. The highest BCUT2D eigenvalue weighted by Crippen LogP contribution is 2.26. The molecule has 0 spiro atoms. The molecule has 0 fully saturated rings. The SMILES string of the molecule is Cc1ccc(N(CC(=O)N(Cc2ccccc2C)[C@H](Cc2ccccc2)C(=O)NCC(C)C)S(=O)(=O)c2ccc(C)cc2)cc1. The second-order valence-electron chi connectivity index (χ2n) is 12.0. The summed E-state index contributed by atoms with van der Waals surface area (Å²) in [4.78, 5) is 30.1. The zero-order valence-corrected chi connectivity index (χ0v) is 27.6. The molecule has 2 amide bonds. The van der Waals surface area contributed by atoms with Crippen LogP contribution in [-0.4, -0.2) is 44.3 Å². The predicted molar refractivity (Wildman–Crippen MR) is 180 cm³/mol. The lowest BCUT2D eigenvalue weighted by atomic mass is 10.0. The number of carbonyl (C=O) groups is 2. The summed E-state index contributed by atoms with van der Waals surface area (Å²) < 4.78 is 29.4. The van der Waals surface area contributed by atoms with Crippen molar-refractivity contribution in [1.29, 1.82) is 0 Å². The van der Waals surface area contributed by atoms with Gasteiger partial charge in [0.15, 0.2) is 0 Å². The van der Waals surface area contributed by atoms with Crippen molar-refractivity contribution in [3.8, 4) is 0 Å². The quantitative estimate of drug-likeness (QED) is 0.191. The van der Waals surface area contributed by atoms with E-state index in [1.54, 1.807) is 36.4 Å². The van der Waals surface area contributed by atoms with E-state index in [0.717, 1.165) is 32.1 Å². The Kier molecular flexibility index (Phi) is 11.2. The number of aryl methyl sites for hydroxylation is 3. The highest BCUT2D eigenvalue weighted by atomic mass is 32.2. The summed E-state index contributed by atoms with van der Waals surface area (Å²) in [7, 11) is -4.13. The minimum absolute atomic E-state index is 0.0856. The molecule has 0 bridgehead atoms. The van der Waals surface area contributed by atoms with Crippen LogP contribution in [0.25, 0.3) is 0 Å². The number of anilines is 1. The minimum Gasteiger partial charge on any atom is -0.354 e. The van der Waals surface area contributed by atoms with E-state index in [1.165, 1.54) is 4.90 Å². The van der Waals surface area contributed by atoms with Crippen molar-refractivity contribution in [2.45, 2.75) is 58.5 Å². The van der Waals surface area contributed by atoms with E-state index in [1.807, 2.05) is 101 Å². The largest absolute Gasteiger partial charge is 0.354 e. The van der Waals surface area contributed by atoms with Crippen LogP contribution in [0.1, 0.15) is 41.7 Å². The van der Waals surface area contributed by atoms with Gasteiger partial charge < -0.3 is 10.2 Å². The Balaban J connectivity index is 1.80. The maximum Gasteiger partial charge on any atom is 0.264 e. The monoisotopic (exact) mass is 625 g/mol. The first-order valence-electron chi connectivity index (χ1n) is 15.3. The zero-order chi connectivity index (χ0) is 32.6. The van der Waals surface area contributed by atoms with Crippen LogP contribution in [-0.2, 0) is 32.6 Å². The Labute approximate surface area is 268 Å². The zero-order valence-electron chi connectivity index (χ0n) is 26.7. The summed E-state index contributed by atoms with van der Waals surface area (Å²) >= 11 is 0. The summed E-state index contributed by atoms with van der Waals surface area (Å²) in [5.74, 6) is -0.545. The third kappa shape index (κ3) is 8.82. The topological polar surface area (TPSA) is 86.8 Å². The van der Waals surface area contributed by atoms with Crippen LogP contribution in [0.3, 0.4) is 0 Å². The lowest BCUT2D eigenvalue weighted by Crippen LogP contribution is -2.53. The highest BCUT2D eigenvalue weighted by Gasteiger charge is 2.34. The Morgan fingerprint density at radius 2 is 1.33 bits per heavy atom. The molecule has 8 heteroatoms. The van der Waals surface area contributed by atoms with E-state index in [9.17, 15) is 18.0 Å². The molecule has 45 heavy (non-hydrogen) atoms. The van der Waals surface area contributed by atoms with E-state index in [4.69, 9.17) is 0 Å². The van der Waals surface area contributed by atoms with Gasteiger partial charge in [-0.25, -0.2) is 8.42 Å². The molecule has 0 aliphatic heterocycles. The van der Waals surface area contributed by atoms with E-state index in [-0.39, 0.29) is 29.7 Å². The van der Waals surface area contributed by atoms with Crippen LogP contribution >= 0.6 is 0 Å². The highest BCUT2D eigenvalue weighted by molar-refractivity contribution is 7.92. The van der Waals surface area contributed by atoms with Gasteiger partial charge >= 0.3 is 0 Å². The Morgan fingerprint density at radius 1 is 0.756 bits per heavy atom. The molecule has 0 aliphatic rings. The second kappa shape index (κ2) is 15.0. The van der Waals surface area contributed by atoms with Crippen molar-refractivity contribution in [3.63, 3.8) is 0 Å². The van der Waals surface area contributed by atoms with Gasteiger partial charge in [0.1, 0.15) is 12.6 Å².